The second-order valence-electron chi connectivity index (χ2n) is 5.40. The first-order valence-electron chi connectivity index (χ1n) is 7.38. The van der Waals surface area contributed by atoms with Gasteiger partial charge in [-0.2, -0.15) is 0 Å². The molecule has 1 aromatic rings. The Hall–Kier alpha value is -2.11. The van der Waals surface area contributed by atoms with Crippen molar-refractivity contribution in [2.75, 3.05) is 5.32 Å². The fourth-order valence-electron chi connectivity index (χ4n) is 2.53. The minimum atomic E-state index is -0.922. The van der Waals surface area contributed by atoms with Gasteiger partial charge >= 0.3 is 12.0 Å². The second-order valence-corrected chi connectivity index (χ2v) is 5.40. The summed E-state index contributed by atoms with van der Waals surface area (Å²) in [6.07, 6.45) is 8.24. The van der Waals surface area contributed by atoms with Gasteiger partial charge in [-0.25, -0.2) is 4.79 Å². The van der Waals surface area contributed by atoms with Crippen LogP contribution in [0.5, 0.6) is 0 Å². The first-order chi connectivity index (χ1) is 10.1. The minimum absolute atomic E-state index is 0.117. The van der Waals surface area contributed by atoms with Crippen LogP contribution in [0.4, 0.5) is 10.5 Å². The number of anilines is 1. The van der Waals surface area contributed by atoms with E-state index in [0.29, 0.717) is 11.4 Å². The van der Waals surface area contributed by atoms with Gasteiger partial charge in [-0.3, -0.25) is 9.78 Å². The summed E-state index contributed by atoms with van der Waals surface area (Å²) in [5.41, 5.74) is 1.03. The third-order valence-electron chi connectivity index (χ3n) is 3.61. The maximum absolute atomic E-state index is 11.9. The van der Waals surface area contributed by atoms with E-state index < -0.39 is 5.97 Å². The van der Waals surface area contributed by atoms with Gasteiger partial charge in [0.1, 0.15) is 0 Å². The van der Waals surface area contributed by atoms with E-state index in [1.54, 1.807) is 12.1 Å². The molecule has 0 aromatic carbocycles. The van der Waals surface area contributed by atoms with Crippen molar-refractivity contribution in [2.45, 2.75) is 51.0 Å². The van der Waals surface area contributed by atoms with Crippen LogP contribution in [0.15, 0.2) is 18.3 Å². The lowest BCUT2D eigenvalue weighted by molar-refractivity contribution is -0.136. The number of amides is 2. The summed E-state index contributed by atoms with van der Waals surface area (Å²) in [6, 6.07) is 3.29. The largest absolute Gasteiger partial charge is 0.481 e. The standard InChI is InChI=1S/C15H21N3O3/c19-14(20)9-12-7-8-13(10-16-12)18-15(21)17-11-5-3-1-2-4-6-11/h7-8,10-11H,1-6,9H2,(H,19,20)(H2,17,18,21). The van der Waals surface area contributed by atoms with Crippen molar-refractivity contribution in [3.63, 3.8) is 0 Å². The van der Waals surface area contributed by atoms with E-state index in [9.17, 15) is 9.59 Å². The van der Waals surface area contributed by atoms with E-state index >= 15 is 0 Å². The van der Waals surface area contributed by atoms with Crippen molar-refractivity contribution in [2.24, 2.45) is 0 Å². The Morgan fingerprint density at radius 2 is 1.90 bits per heavy atom. The number of hydrogen-bond donors (Lipinski definition) is 3. The fourth-order valence-corrected chi connectivity index (χ4v) is 2.53. The number of carboxylic acids is 1. The third-order valence-corrected chi connectivity index (χ3v) is 3.61. The van der Waals surface area contributed by atoms with E-state index in [1.165, 1.54) is 19.0 Å². The molecule has 1 fully saturated rings. The Bertz CT molecular complexity index is 479. The molecule has 21 heavy (non-hydrogen) atoms. The summed E-state index contributed by atoms with van der Waals surface area (Å²) in [5.74, 6) is -0.922. The lowest BCUT2D eigenvalue weighted by atomic mass is 10.1. The SMILES string of the molecule is O=C(O)Cc1ccc(NC(=O)NC2CCCCCC2)cn1. The van der Waals surface area contributed by atoms with Gasteiger partial charge in [0.15, 0.2) is 0 Å². The number of aromatic nitrogens is 1. The highest BCUT2D eigenvalue weighted by molar-refractivity contribution is 5.89. The van der Waals surface area contributed by atoms with Crippen LogP contribution in [-0.4, -0.2) is 28.1 Å². The summed E-state index contributed by atoms with van der Waals surface area (Å²) >= 11 is 0. The number of pyridine rings is 1. The van der Waals surface area contributed by atoms with Crippen LogP contribution in [0.2, 0.25) is 0 Å². The van der Waals surface area contributed by atoms with Crippen molar-refractivity contribution in [1.29, 1.82) is 0 Å². The lowest BCUT2D eigenvalue weighted by Gasteiger charge is -2.16. The Labute approximate surface area is 124 Å². The fraction of sp³-hybridized carbons (Fsp3) is 0.533. The molecule has 0 aliphatic heterocycles. The monoisotopic (exact) mass is 291 g/mol. The molecule has 1 aliphatic rings. The molecule has 1 aliphatic carbocycles. The normalized spacial score (nSPS) is 16.0. The first-order valence-corrected chi connectivity index (χ1v) is 7.38. The van der Waals surface area contributed by atoms with Crippen molar-refractivity contribution < 1.29 is 14.7 Å². The zero-order chi connectivity index (χ0) is 15.1. The summed E-state index contributed by atoms with van der Waals surface area (Å²) in [6.45, 7) is 0. The van der Waals surface area contributed by atoms with Gasteiger partial charge in [0.25, 0.3) is 0 Å². The molecule has 1 saturated carbocycles. The van der Waals surface area contributed by atoms with Crippen LogP contribution in [-0.2, 0) is 11.2 Å². The van der Waals surface area contributed by atoms with E-state index in [1.807, 2.05) is 0 Å². The van der Waals surface area contributed by atoms with Gasteiger partial charge in [-0.15, -0.1) is 0 Å². The van der Waals surface area contributed by atoms with Crippen molar-refractivity contribution in [3.05, 3.63) is 24.0 Å². The van der Waals surface area contributed by atoms with Crippen molar-refractivity contribution >= 4 is 17.7 Å². The molecule has 0 atom stereocenters. The topological polar surface area (TPSA) is 91.3 Å². The number of carbonyl (C=O) groups is 2. The maximum Gasteiger partial charge on any atom is 0.319 e. The second kappa shape index (κ2) is 7.61. The number of nitrogens with zero attached hydrogens (tertiary/aromatic N) is 1. The number of carboxylic acid groups (broad SMARTS) is 1. The average molecular weight is 291 g/mol. The predicted molar refractivity (Wildman–Crippen MR) is 79.2 cm³/mol. The molecule has 2 rings (SSSR count). The molecular weight excluding hydrogens is 270 g/mol. The molecule has 6 heteroatoms. The third kappa shape index (κ3) is 5.41. The number of carbonyl (C=O) groups excluding carboxylic acids is 1. The summed E-state index contributed by atoms with van der Waals surface area (Å²) < 4.78 is 0. The number of hydrogen-bond acceptors (Lipinski definition) is 3. The van der Waals surface area contributed by atoms with Gasteiger partial charge in [0, 0.05) is 6.04 Å². The zero-order valence-corrected chi connectivity index (χ0v) is 12.0. The highest BCUT2D eigenvalue weighted by Crippen LogP contribution is 2.17. The molecule has 6 nitrogen and oxygen atoms in total. The summed E-state index contributed by atoms with van der Waals surface area (Å²) in [4.78, 5) is 26.5. The molecule has 0 spiro atoms. The smallest absolute Gasteiger partial charge is 0.319 e. The van der Waals surface area contributed by atoms with E-state index in [-0.39, 0.29) is 18.5 Å². The summed E-state index contributed by atoms with van der Waals surface area (Å²) in [7, 11) is 0. The molecule has 114 valence electrons. The molecule has 0 unspecified atom stereocenters. The maximum atomic E-state index is 11.9. The Kier molecular flexibility index (Phi) is 5.54. The highest BCUT2D eigenvalue weighted by Gasteiger charge is 2.14. The quantitative estimate of drug-likeness (QED) is 0.743. The predicted octanol–water partition coefficient (Wildman–Crippen LogP) is 2.55. The molecule has 0 radical (unpaired) electrons. The average Bonchev–Trinajstić information content (AvgIpc) is 2.69. The number of rotatable bonds is 4. The van der Waals surface area contributed by atoms with Gasteiger partial charge in [0.2, 0.25) is 0 Å². The lowest BCUT2D eigenvalue weighted by Crippen LogP contribution is -2.37. The van der Waals surface area contributed by atoms with Crippen LogP contribution in [0.1, 0.15) is 44.2 Å². The van der Waals surface area contributed by atoms with Crippen molar-refractivity contribution in [1.82, 2.24) is 10.3 Å². The van der Waals surface area contributed by atoms with E-state index in [2.05, 4.69) is 15.6 Å². The molecular formula is C15H21N3O3. The summed E-state index contributed by atoms with van der Waals surface area (Å²) in [5, 5.41) is 14.4. The van der Waals surface area contributed by atoms with Crippen LogP contribution in [0.25, 0.3) is 0 Å². The molecule has 1 aromatic heterocycles. The van der Waals surface area contributed by atoms with E-state index in [4.69, 9.17) is 5.11 Å². The minimum Gasteiger partial charge on any atom is -0.481 e. The Morgan fingerprint density at radius 3 is 2.48 bits per heavy atom. The zero-order valence-electron chi connectivity index (χ0n) is 12.0. The number of nitrogens with one attached hydrogen (secondary N) is 2. The molecule has 0 bridgehead atoms. The molecule has 2 amide bonds. The first kappa shape index (κ1) is 15.3. The van der Waals surface area contributed by atoms with Crippen molar-refractivity contribution in [3.8, 4) is 0 Å². The van der Waals surface area contributed by atoms with Crippen LogP contribution >= 0.6 is 0 Å². The van der Waals surface area contributed by atoms with Gasteiger partial charge in [-0.1, -0.05) is 25.7 Å². The molecule has 1 heterocycles. The van der Waals surface area contributed by atoms with E-state index in [0.717, 1.165) is 25.7 Å². The molecule has 0 saturated heterocycles. The van der Waals surface area contributed by atoms with Crippen LogP contribution in [0, 0.1) is 0 Å². The Morgan fingerprint density at radius 1 is 1.19 bits per heavy atom. The van der Waals surface area contributed by atoms with Gasteiger partial charge < -0.3 is 15.7 Å². The number of urea groups is 1. The van der Waals surface area contributed by atoms with Crippen LogP contribution < -0.4 is 10.6 Å². The van der Waals surface area contributed by atoms with Gasteiger partial charge in [0.05, 0.1) is 24.0 Å². The van der Waals surface area contributed by atoms with Crippen LogP contribution in [0.3, 0.4) is 0 Å². The molecule has 3 N–H and O–H groups in total. The highest BCUT2D eigenvalue weighted by atomic mass is 16.4. The Balaban J connectivity index is 1.82. The van der Waals surface area contributed by atoms with Gasteiger partial charge in [-0.05, 0) is 25.0 Å². The number of aliphatic carboxylic acids is 1.